The molecule has 2 heterocycles. The van der Waals surface area contributed by atoms with Crippen molar-refractivity contribution < 1.29 is 9.47 Å². The summed E-state index contributed by atoms with van der Waals surface area (Å²) in [5, 5.41) is 3.58. The Balaban J connectivity index is 1.54. The van der Waals surface area contributed by atoms with Crippen molar-refractivity contribution in [3.05, 3.63) is 29.8 Å². The Bertz CT molecular complexity index is 689. The highest BCUT2D eigenvalue weighted by Gasteiger charge is 2.41. The first-order valence-corrected chi connectivity index (χ1v) is 11.4. The van der Waals surface area contributed by atoms with Crippen LogP contribution in [0.5, 0.6) is 5.75 Å². The number of nitrogens with zero attached hydrogens (tertiary/aromatic N) is 2. The second-order valence-electron chi connectivity index (χ2n) is 9.17. The van der Waals surface area contributed by atoms with Crippen LogP contribution >= 0.6 is 0 Å². The molecule has 1 aromatic rings. The van der Waals surface area contributed by atoms with Crippen molar-refractivity contribution in [1.29, 1.82) is 0 Å². The van der Waals surface area contributed by atoms with Gasteiger partial charge in [0.1, 0.15) is 5.75 Å². The van der Waals surface area contributed by atoms with Gasteiger partial charge in [0.05, 0.1) is 13.7 Å². The van der Waals surface area contributed by atoms with Crippen molar-refractivity contribution in [2.45, 2.75) is 57.3 Å². The molecule has 0 bridgehead atoms. The molecule has 1 saturated carbocycles. The number of likely N-dealkylation sites (tertiary alicyclic amines) is 1. The first kappa shape index (κ1) is 20.5. The maximum absolute atomic E-state index is 5.71. The van der Waals surface area contributed by atoms with Gasteiger partial charge in [-0.2, -0.15) is 0 Å². The van der Waals surface area contributed by atoms with Gasteiger partial charge >= 0.3 is 0 Å². The minimum Gasteiger partial charge on any atom is -0.497 e. The summed E-state index contributed by atoms with van der Waals surface area (Å²) < 4.78 is 11.1. The predicted octanol–water partition coefficient (Wildman–Crippen LogP) is 3.98. The van der Waals surface area contributed by atoms with Gasteiger partial charge in [-0.1, -0.05) is 25.0 Å². The molecule has 0 amide bonds. The summed E-state index contributed by atoms with van der Waals surface area (Å²) in [6.07, 6.45) is 8.98. The normalized spacial score (nSPS) is 23.5. The lowest BCUT2D eigenvalue weighted by Crippen LogP contribution is -2.43. The predicted molar refractivity (Wildman–Crippen MR) is 118 cm³/mol. The zero-order chi connectivity index (χ0) is 20.2. The van der Waals surface area contributed by atoms with Crippen molar-refractivity contribution in [2.75, 3.05) is 46.5 Å². The Kier molecular flexibility index (Phi) is 6.33. The maximum atomic E-state index is 5.71. The molecule has 1 spiro atoms. The van der Waals surface area contributed by atoms with E-state index in [1.54, 1.807) is 7.11 Å². The number of ether oxygens (including phenoxy) is 2. The van der Waals surface area contributed by atoms with Gasteiger partial charge in [-0.3, -0.25) is 4.99 Å². The Morgan fingerprint density at radius 2 is 1.83 bits per heavy atom. The summed E-state index contributed by atoms with van der Waals surface area (Å²) in [7, 11) is 1.72. The van der Waals surface area contributed by atoms with Gasteiger partial charge in [0.15, 0.2) is 5.96 Å². The molecule has 4 rings (SSSR count). The van der Waals surface area contributed by atoms with Crippen molar-refractivity contribution >= 4 is 5.96 Å². The summed E-state index contributed by atoms with van der Waals surface area (Å²) in [6, 6.07) is 8.59. The monoisotopic (exact) mass is 399 g/mol. The highest BCUT2D eigenvalue weighted by molar-refractivity contribution is 5.80. The SMILES string of the molecule is CCNC(=NCC1(c2ccc(OC)cc2)CCOCC1)N1CCC2(CCCC2)C1. The summed E-state index contributed by atoms with van der Waals surface area (Å²) >= 11 is 0. The minimum atomic E-state index is 0.0516. The van der Waals surface area contributed by atoms with Gasteiger partial charge in [-0.25, -0.2) is 0 Å². The van der Waals surface area contributed by atoms with E-state index in [4.69, 9.17) is 14.5 Å². The summed E-state index contributed by atoms with van der Waals surface area (Å²) in [6.45, 7) is 7.85. The second-order valence-corrected chi connectivity index (χ2v) is 9.17. The fraction of sp³-hybridized carbons (Fsp3) is 0.708. The minimum absolute atomic E-state index is 0.0516. The molecule has 1 aliphatic carbocycles. The van der Waals surface area contributed by atoms with E-state index in [1.165, 1.54) is 44.2 Å². The molecule has 2 saturated heterocycles. The number of aliphatic imine (C=N–C) groups is 1. The average molecular weight is 400 g/mol. The Labute approximate surface area is 175 Å². The third kappa shape index (κ3) is 4.40. The van der Waals surface area contributed by atoms with Crippen LogP contribution in [0.3, 0.4) is 0 Å². The third-order valence-corrected chi connectivity index (χ3v) is 7.42. The quantitative estimate of drug-likeness (QED) is 0.601. The zero-order valence-corrected chi connectivity index (χ0v) is 18.2. The van der Waals surface area contributed by atoms with E-state index >= 15 is 0 Å². The standard InChI is InChI=1S/C24H37N3O2/c1-3-25-22(27-15-12-23(19-27)10-4-5-11-23)26-18-24(13-16-29-17-14-24)20-6-8-21(28-2)9-7-20/h6-9H,3-5,10-19H2,1-2H3,(H,25,26). The van der Waals surface area contributed by atoms with E-state index in [-0.39, 0.29) is 5.41 Å². The molecular formula is C24H37N3O2. The van der Waals surface area contributed by atoms with Gasteiger partial charge in [-0.05, 0) is 62.1 Å². The van der Waals surface area contributed by atoms with Crippen LogP contribution in [0, 0.1) is 5.41 Å². The molecular weight excluding hydrogens is 362 g/mol. The molecule has 0 aromatic heterocycles. The lowest BCUT2D eigenvalue weighted by atomic mass is 9.74. The molecule has 160 valence electrons. The summed E-state index contributed by atoms with van der Waals surface area (Å²) in [5.74, 6) is 2.02. The van der Waals surface area contributed by atoms with Crippen LogP contribution < -0.4 is 10.1 Å². The van der Waals surface area contributed by atoms with Crippen LogP contribution in [-0.2, 0) is 10.2 Å². The molecule has 0 unspecified atom stereocenters. The van der Waals surface area contributed by atoms with Gasteiger partial charge < -0.3 is 19.7 Å². The van der Waals surface area contributed by atoms with E-state index < -0.39 is 0 Å². The van der Waals surface area contributed by atoms with Crippen molar-refractivity contribution in [3.63, 3.8) is 0 Å². The number of rotatable bonds is 5. The van der Waals surface area contributed by atoms with Crippen LogP contribution in [-0.4, -0.2) is 57.4 Å². The molecule has 29 heavy (non-hydrogen) atoms. The lowest BCUT2D eigenvalue weighted by molar-refractivity contribution is 0.0530. The fourth-order valence-electron chi connectivity index (χ4n) is 5.55. The Morgan fingerprint density at radius 3 is 2.48 bits per heavy atom. The first-order chi connectivity index (χ1) is 14.2. The molecule has 1 aromatic carbocycles. The Hall–Kier alpha value is -1.75. The van der Waals surface area contributed by atoms with Gasteiger partial charge in [0.25, 0.3) is 0 Å². The highest BCUT2D eigenvalue weighted by atomic mass is 16.5. The number of guanidine groups is 1. The summed E-state index contributed by atoms with van der Waals surface area (Å²) in [4.78, 5) is 7.73. The second kappa shape index (κ2) is 8.95. The Morgan fingerprint density at radius 1 is 1.10 bits per heavy atom. The van der Waals surface area contributed by atoms with Crippen LogP contribution in [0.1, 0.15) is 57.4 Å². The molecule has 0 radical (unpaired) electrons. The third-order valence-electron chi connectivity index (χ3n) is 7.42. The van der Waals surface area contributed by atoms with Crippen molar-refractivity contribution in [3.8, 4) is 5.75 Å². The smallest absolute Gasteiger partial charge is 0.193 e. The molecule has 5 heteroatoms. The highest BCUT2D eigenvalue weighted by Crippen LogP contribution is 2.45. The summed E-state index contributed by atoms with van der Waals surface area (Å²) in [5.41, 5.74) is 1.97. The fourth-order valence-corrected chi connectivity index (χ4v) is 5.55. The van der Waals surface area contributed by atoms with Crippen molar-refractivity contribution in [2.24, 2.45) is 10.4 Å². The van der Waals surface area contributed by atoms with E-state index in [9.17, 15) is 0 Å². The number of hydrogen-bond acceptors (Lipinski definition) is 3. The lowest BCUT2D eigenvalue weighted by Gasteiger charge is -2.37. The largest absolute Gasteiger partial charge is 0.497 e. The molecule has 3 fully saturated rings. The first-order valence-electron chi connectivity index (χ1n) is 11.4. The average Bonchev–Trinajstić information content (AvgIpc) is 3.41. The maximum Gasteiger partial charge on any atom is 0.193 e. The number of benzene rings is 1. The van der Waals surface area contributed by atoms with Crippen LogP contribution in [0.25, 0.3) is 0 Å². The van der Waals surface area contributed by atoms with Crippen LogP contribution in [0.2, 0.25) is 0 Å². The number of hydrogen-bond donors (Lipinski definition) is 1. The molecule has 5 nitrogen and oxygen atoms in total. The van der Waals surface area contributed by atoms with E-state index in [0.717, 1.165) is 57.4 Å². The number of methoxy groups -OCH3 is 1. The topological polar surface area (TPSA) is 46.1 Å². The molecule has 1 N–H and O–H groups in total. The molecule has 3 aliphatic rings. The number of nitrogens with one attached hydrogen (secondary N) is 1. The van der Waals surface area contributed by atoms with Crippen LogP contribution in [0.15, 0.2) is 29.3 Å². The van der Waals surface area contributed by atoms with E-state index in [0.29, 0.717) is 5.41 Å². The van der Waals surface area contributed by atoms with Gasteiger partial charge in [0, 0.05) is 38.3 Å². The zero-order valence-electron chi connectivity index (χ0n) is 18.2. The molecule has 0 atom stereocenters. The van der Waals surface area contributed by atoms with Gasteiger partial charge in [-0.15, -0.1) is 0 Å². The van der Waals surface area contributed by atoms with Crippen LogP contribution in [0.4, 0.5) is 0 Å². The van der Waals surface area contributed by atoms with Crippen molar-refractivity contribution in [1.82, 2.24) is 10.2 Å². The van der Waals surface area contributed by atoms with E-state index in [2.05, 4.69) is 41.4 Å². The van der Waals surface area contributed by atoms with Gasteiger partial charge in [0.2, 0.25) is 0 Å². The molecule has 2 aliphatic heterocycles. The van der Waals surface area contributed by atoms with E-state index in [1.807, 2.05) is 0 Å².